The van der Waals surface area contributed by atoms with Gasteiger partial charge in [-0.1, -0.05) is 6.42 Å². The first-order valence-corrected chi connectivity index (χ1v) is 24.8. The Morgan fingerprint density at radius 3 is 1.43 bits per heavy atom. The first-order valence-electron chi connectivity index (χ1n) is 23.8. The summed E-state index contributed by atoms with van der Waals surface area (Å²) < 4.78 is 78.8. The molecule has 384 valence electrons. The molecule has 20 heteroatoms. The Kier molecular flexibility index (Phi) is 35.8. The number of carbonyl (C=O) groups excluding carboxylic acids is 3. The van der Waals surface area contributed by atoms with E-state index in [1.807, 2.05) is 11.8 Å². The van der Waals surface area contributed by atoms with Gasteiger partial charge in [0.1, 0.15) is 18.1 Å². The van der Waals surface area contributed by atoms with E-state index in [1.54, 1.807) is 24.3 Å². The molecule has 18 nitrogen and oxygen atoms in total. The fourth-order valence-electron chi connectivity index (χ4n) is 6.64. The molecule has 2 aliphatic heterocycles. The number of carbonyl (C=O) groups is 3. The van der Waals surface area contributed by atoms with Crippen LogP contribution in [0.1, 0.15) is 61.7 Å². The van der Waals surface area contributed by atoms with Gasteiger partial charge in [-0.3, -0.25) is 9.59 Å². The summed E-state index contributed by atoms with van der Waals surface area (Å²) in [4.78, 5) is 36.1. The topological polar surface area (TPSA) is 212 Å². The number of unbranched alkanes of at least 4 members (excludes halogenated alkanes) is 1. The minimum absolute atomic E-state index is 0.0164. The van der Waals surface area contributed by atoms with Crippen molar-refractivity contribution in [2.75, 3.05) is 164 Å². The van der Waals surface area contributed by atoms with Gasteiger partial charge in [-0.05, 0) is 49.9 Å². The lowest BCUT2D eigenvalue weighted by Gasteiger charge is -2.16. The second-order valence-electron chi connectivity index (χ2n) is 15.6. The van der Waals surface area contributed by atoms with Crippen molar-refractivity contribution in [1.29, 1.82) is 0 Å². The number of Topliss-reactive ketones (excluding diaryl/α,β-unsaturated/α-hetero) is 2. The van der Waals surface area contributed by atoms with Crippen molar-refractivity contribution in [2.24, 2.45) is 5.73 Å². The maximum Gasteiger partial charge on any atom is 0.315 e. The molecule has 3 unspecified atom stereocenters. The maximum atomic E-state index is 12.6. The summed E-state index contributed by atoms with van der Waals surface area (Å²) in [5.74, 6) is 1.81. The smallest absolute Gasteiger partial charge is 0.315 e. The van der Waals surface area contributed by atoms with Crippen molar-refractivity contribution in [3.63, 3.8) is 0 Å². The van der Waals surface area contributed by atoms with Gasteiger partial charge >= 0.3 is 6.03 Å². The van der Waals surface area contributed by atoms with E-state index in [4.69, 9.17) is 62.6 Å². The summed E-state index contributed by atoms with van der Waals surface area (Å²) in [6.07, 6.45) is 6.23. The van der Waals surface area contributed by atoms with E-state index in [0.717, 1.165) is 31.4 Å². The molecule has 1 aromatic rings. The third-order valence-electron chi connectivity index (χ3n) is 10.3. The summed E-state index contributed by atoms with van der Waals surface area (Å²) >= 11 is 1.91. The van der Waals surface area contributed by atoms with Crippen LogP contribution in [0.4, 0.5) is 9.18 Å². The van der Waals surface area contributed by atoms with Crippen LogP contribution < -0.4 is 21.1 Å². The molecule has 4 N–H and O–H groups in total. The number of amides is 2. The van der Waals surface area contributed by atoms with E-state index in [0.29, 0.717) is 200 Å². The van der Waals surface area contributed by atoms with Crippen molar-refractivity contribution in [3.05, 3.63) is 41.7 Å². The highest BCUT2D eigenvalue weighted by molar-refractivity contribution is 8.00. The first-order chi connectivity index (χ1) is 33.0. The maximum absolute atomic E-state index is 12.6. The molecule has 3 rings (SSSR count). The van der Waals surface area contributed by atoms with Gasteiger partial charge < -0.3 is 73.2 Å². The number of ketones is 2. The third-order valence-corrected chi connectivity index (χ3v) is 11.8. The zero-order valence-corrected chi connectivity index (χ0v) is 40.3. The molecule has 2 saturated heterocycles. The monoisotopic (exact) mass is 976 g/mol. The van der Waals surface area contributed by atoms with Crippen LogP contribution >= 0.6 is 11.8 Å². The average molecular weight is 976 g/mol. The zero-order valence-electron chi connectivity index (χ0n) is 39.4. The van der Waals surface area contributed by atoms with E-state index < -0.39 is 0 Å². The number of nitrogens with one attached hydrogen (secondary N) is 2. The summed E-state index contributed by atoms with van der Waals surface area (Å²) in [7, 11) is 0. The Labute approximate surface area is 400 Å². The van der Waals surface area contributed by atoms with E-state index in [9.17, 15) is 18.8 Å². The number of rotatable bonds is 48. The summed E-state index contributed by atoms with van der Waals surface area (Å²) in [5, 5.41) is 6.43. The number of hydrogen-bond donors (Lipinski definition) is 3. The van der Waals surface area contributed by atoms with Crippen molar-refractivity contribution in [2.45, 2.75) is 68.7 Å². The van der Waals surface area contributed by atoms with Crippen molar-refractivity contribution in [3.8, 4) is 5.75 Å². The van der Waals surface area contributed by atoms with Crippen LogP contribution in [0.25, 0.3) is 0 Å². The van der Waals surface area contributed by atoms with Gasteiger partial charge in [0.2, 0.25) is 0 Å². The molecule has 2 aliphatic rings. The van der Waals surface area contributed by atoms with Crippen molar-refractivity contribution >= 4 is 29.4 Å². The highest BCUT2D eigenvalue weighted by Gasteiger charge is 2.42. The van der Waals surface area contributed by atoms with Crippen LogP contribution in [0.3, 0.4) is 0 Å². The van der Waals surface area contributed by atoms with Crippen LogP contribution in [-0.2, 0) is 56.9 Å². The lowest BCUT2D eigenvalue weighted by atomic mass is 10.0. The predicted molar refractivity (Wildman–Crippen MR) is 251 cm³/mol. The number of nitrogens with two attached hydrogens (primary N) is 1. The van der Waals surface area contributed by atoms with Gasteiger partial charge in [-0.15, -0.1) is 0 Å². The van der Waals surface area contributed by atoms with Crippen molar-refractivity contribution in [1.82, 2.24) is 10.6 Å². The molecular formula is C47H78FN3O15S. The quantitative estimate of drug-likeness (QED) is 0.0477. The molecule has 0 bridgehead atoms. The third kappa shape index (κ3) is 30.4. The zero-order chi connectivity index (χ0) is 47.7. The molecule has 0 aromatic heterocycles. The van der Waals surface area contributed by atoms with Gasteiger partial charge in [-0.25, -0.2) is 9.18 Å². The second-order valence-corrected chi connectivity index (χ2v) is 16.8. The second kappa shape index (κ2) is 41.0. The molecule has 0 aliphatic carbocycles. The van der Waals surface area contributed by atoms with E-state index >= 15 is 0 Å². The van der Waals surface area contributed by atoms with Gasteiger partial charge in [0.25, 0.3) is 0 Å². The number of benzene rings is 1. The molecule has 0 spiro atoms. The SMILES string of the molecule is NC/C(=C\F)COc1ccc(C(=O)CCCOCCOCCOCCOCCOCCOCCOCCOCCOCCOCCOCCCC(=O)CCCCC2SCC3NC(=O)NC32)cc1. The fraction of sp³-hybridized carbons (Fsp3) is 0.766. The number of ether oxygens (including phenoxy) is 12. The van der Waals surface area contributed by atoms with E-state index in [2.05, 4.69) is 10.6 Å². The minimum atomic E-state index is -0.0557. The first kappa shape index (κ1) is 58.5. The molecule has 1 aromatic carbocycles. The number of thioether (sulfide) groups is 1. The van der Waals surface area contributed by atoms with E-state index in [1.165, 1.54) is 0 Å². The Balaban J connectivity index is 0.903. The summed E-state index contributed by atoms with van der Waals surface area (Å²) in [5.41, 5.74) is 6.36. The number of hydrogen-bond acceptors (Lipinski definition) is 17. The normalized spacial score (nSPS) is 16.9. The highest BCUT2D eigenvalue weighted by Crippen LogP contribution is 2.33. The Morgan fingerprint density at radius 1 is 0.582 bits per heavy atom. The molecule has 3 atom stereocenters. The van der Waals surface area contributed by atoms with Crippen LogP contribution in [0.15, 0.2) is 36.2 Å². The number of fused-ring (bicyclic) bond motifs is 1. The predicted octanol–water partition coefficient (Wildman–Crippen LogP) is 4.10. The summed E-state index contributed by atoms with van der Waals surface area (Å²) in [6, 6.07) is 7.17. The van der Waals surface area contributed by atoms with Crippen LogP contribution in [0, 0.1) is 0 Å². The lowest BCUT2D eigenvalue weighted by Crippen LogP contribution is -2.36. The van der Waals surface area contributed by atoms with E-state index in [-0.39, 0.29) is 42.8 Å². The Hall–Kier alpha value is -2.83. The fourth-order valence-corrected chi connectivity index (χ4v) is 8.18. The van der Waals surface area contributed by atoms with Gasteiger partial charge in [0.05, 0.1) is 151 Å². The number of halogens is 1. The lowest BCUT2D eigenvalue weighted by molar-refractivity contribution is -0.119. The Bertz CT molecular complexity index is 1440. The van der Waals surface area contributed by atoms with Crippen LogP contribution in [0.2, 0.25) is 0 Å². The molecule has 2 amide bonds. The average Bonchev–Trinajstić information content (AvgIpc) is 3.90. The van der Waals surface area contributed by atoms with Crippen LogP contribution in [0.5, 0.6) is 5.75 Å². The van der Waals surface area contributed by atoms with Crippen LogP contribution in [-0.4, -0.2) is 199 Å². The van der Waals surface area contributed by atoms with Crippen molar-refractivity contribution < 1.29 is 75.6 Å². The highest BCUT2D eigenvalue weighted by atomic mass is 32.2. The molecule has 67 heavy (non-hydrogen) atoms. The Morgan fingerprint density at radius 2 is 1.00 bits per heavy atom. The largest absolute Gasteiger partial charge is 0.489 e. The minimum Gasteiger partial charge on any atom is -0.489 e. The molecular weight excluding hydrogens is 898 g/mol. The van der Waals surface area contributed by atoms with Gasteiger partial charge in [0, 0.05) is 61.2 Å². The molecule has 2 fully saturated rings. The standard InChI is InChI=1S/C47H78FN3O15S/c48-35-39(36-49)37-66-42-11-9-40(10-12-42)44(53)7-4-14-56-16-18-58-20-22-60-24-26-62-28-30-64-32-34-65-33-31-63-29-27-61-25-23-59-21-19-57-17-15-55-13-3-6-41(52)5-1-2-8-45-46-43(38-67-45)50-47(54)51-46/h9-12,35,43,45-46H,1-8,13-34,36-38,49H2,(H2,50,51,54)/b39-35+. The summed E-state index contributed by atoms with van der Waals surface area (Å²) in [6.45, 7) is 10.6. The molecule has 0 radical (unpaired) electrons. The van der Waals surface area contributed by atoms with Gasteiger partial charge in [-0.2, -0.15) is 11.8 Å². The van der Waals surface area contributed by atoms with Gasteiger partial charge in [0.15, 0.2) is 5.78 Å². The molecule has 2 heterocycles. The number of urea groups is 1. The molecule has 0 saturated carbocycles.